The van der Waals surface area contributed by atoms with E-state index < -0.39 is 6.10 Å². The first-order valence-electron chi connectivity index (χ1n) is 12.0. The molecule has 1 amide bonds. The van der Waals surface area contributed by atoms with Crippen LogP contribution in [-0.4, -0.2) is 68.2 Å². The molecule has 0 spiro atoms. The first kappa shape index (κ1) is 22.1. The number of aromatic nitrogens is 2. The molecule has 2 atom stereocenters. The maximum atomic E-state index is 13.1. The molecule has 7 nitrogen and oxygen atoms in total. The third-order valence-electron chi connectivity index (χ3n) is 7.20. The minimum atomic E-state index is -0.446. The summed E-state index contributed by atoms with van der Waals surface area (Å²) in [6.45, 7) is 3.96. The number of para-hydroxylation sites is 2. The van der Waals surface area contributed by atoms with Crippen molar-refractivity contribution in [1.29, 1.82) is 0 Å². The molecule has 2 saturated heterocycles. The van der Waals surface area contributed by atoms with E-state index in [2.05, 4.69) is 50.4 Å². The Morgan fingerprint density at radius 1 is 1.09 bits per heavy atom. The normalized spacial score (nSPS) is 22.7. The van der Waals surface area contributed by atoms with E-state index in [0.29, 0.717) is 25.6 Å². The zero-order valence-corrected chi connectivity index (χ0v) is 19.2. The number of aliphatic hydroxyl groups is 1. The molecule has 1 aromatic heterocycles. The molecule has 2 aliphatic rings. The van der Waals surface area contributed by atoms with Crippen molar-refractivity contribution in [3.05, 3.63) is 66.0 Å². The number of benzene rings is 2. The van der Waals surface area contributed by atoms with Crippen molar-refractivity contribution in [2.45, 2.75) is 50.5 Å². The number of amides is 1. The van der Waals surface area contributed by atoms with Crippen molar-refractivity contribution >= 4 is 16.9 Å². The first-order valence-corrected chi connectivity index (χ1v) is 12.0. The van der Waals surface area contributed by atoms with Crippen LogP contribution in [-0.2, 0) is 24.9 Å². The van der Waals surface area contributed by atoms with Gasteiger partial charge in [0, 0.05) is 26.2 Å². The van der Waals surface area contributed by atoms with E-state index in [4.69, 9.17) is 0 Å². The van der Waals surface area contributed by atoms with Gasteiger partial charge >= 0.3 is 0 Å². The highest BCUT2D eigenvalue weighted by Crippen LogP contribution is 2.27. The van der Waals surface area contributed by atoms with Gasteiger partial charge in [-0.25, -0.2) is 4.98 Å². The SMILES string of the molecule is Cn1c(CNC(=O)[C@@H]2C[C@@H](O)CN2C2CCN(Cc3ccccc3)CC2)nc2ccccc21. The fourth-order valence-corrected chi connectivity index (χ4v) is 5.39. The number of β-amino-alcohol motifs (C(OH)–C–C–N with tert-alkyl or cyclic N) is 1. The maximum Gasteiger partial charge on any atom is 0.237 e. The molecular formula is C26H33N5O2. The Morgan fingerprint density at radius 2 is 1.82 bits per heavy atom. The number of nitrogens with zero attached hydrogens (tertiary/aromatic N) is 4. The lowest BCUT2D eigenvalue weighted by Gasteiger charge is -2.38. The highest BCUT2D eigenvalue weighted by Gasteiger charge is 2.40. The summed E-state index contributed by atoms with van der Waals surface area (Å²) < 4.78 is 2.03. The van der Waals surface area contributed by atoms with E-state index in [-0.39, 0.29) is 11.9 Å². The van der Waals surface area contributed by atoms with Gasteiger partial charge in [-0.2, -0.15) is 0 Å². The van der Waals surface area contributed by atoms with Crippen molar-refractivity contribution in [3.63, 3.8) is 0 Å². The molecule has 2 fully saturated rings. The van der Waals surface area contributed by atoms with E-state index in [1.165, 1.54) is 5.56 Å². The van der Waals surface area contributed by atoms with Gasteiger partial charge in [0.1, 0.15) is 5.82 Å². The minimum Gasteiger partial charge on any atom is -0.392 e. The summed E-state index contributed by atoms with van der Waals surface area (Å²) in [6, 6.07) is 18.6. The molecule has 0 radical (unpaired) electrons. The van der Waals surface area contributed by atoms with Crippen LogP contribution in [0, 0.1) is 0 Å². The topological polar surface area (TPSA) is 73.6 Å². The average molecular weight is 448 g/mol. The number of carbonyl (C=O) groups excluding carboxylic acids is 1. The predicted octanol–water partition coefficient (Wildman–Crippen LogP) is 2.29. The standard InChI is InChI=1S/C26H33N5O2/c1-29-23-10-6-5-9-22(23)28-25(29)16-27-26(33)24-15-21(32)18-31(24)20-11-13-30(14-12-20)17-19-7-3-2-4-8-19/h2-10,20-21,24,32H,11-18H2,1H3,(H,27,33)/t21-,24+/m1/s1. The number of rotatable bonds is 6. The number of likely N-dealkylation sites (tertiary alicyclic amines) is 2. The van der Waals surface area contributed by atoms with E-state index in [1.807, 2.05) is 35.9 Å². The highest BCUT2D eigenvalue weighted by molar-refractivity contribution is 5.82. The molecule has 0 saturated carbocycles. The lowest BCUT2D eigenvalue weighted by Crippen LogP contribution is -2.51. The van der Waals surface area contributed by atoms with E-state index >= 15 is 0 Å². The number of aryl methyl sites for hydroxylation is 1. The molecule has 0 unspecified atom stereocenters. The van der Waals surface area contributed by atoms with Crippen LogP contribution in [0.5, 0.6) is 0 Å². The Balaban J connectivity index is 1.18. The molecule has 33 heavy (non-hydrogen) atoms. The van der Waals surface area contributed by atoms with Crippen molar-refractivity contribution in [2.75, 3.05) is 19.6 Å². The summed E-state index contributed by atoms with van der Waals surface area (Å²) in [4.78, 5) is 22.5. The molecule has 7 heteroatoms. The minimum absolute atomic E-state index is 0.00896. The molecule has 174 valence electrons. The monoisotopic (exact) mass is 447 g/mol. The number of imidazole rings is 1. The summed E-state index contributed by atoms with van der Waals surface area (Å²) >= 11 is 0. The lowest BCUT2D eigenvalue weighted by molar-refractivity contribution is -0.126. The Bertz CT molecular complexity index is 1090. The number of nitrogens with one attached hydrogen (secondary N) is 1. The molecule has 3 aromatic rings. The molecule has 5 rings (SSSR count). The third-order valence-corrected chi connectivity index (χ3v) is 7.20. The number of piperidine rings is 1. The van der Waals surface area contributed by atoms with E-state index in [1.54, 1.807) is 0 Å². The van der Waals surface area contributed by atoms with Gasteiger partial charge in [-0.05, 0) is 50.0 Å². The molecular weight excluding hydrogens is 414 g/mol. The average Bonchev–Trinajstić information content (AvgIpc) is 3.39. The van der Waals surface area contributed by atoms with Crippen molar-refractivity contribution in [3.8, 4) is 0 Å². The number of hydrogen-bond acceptors (Lipinski definition) is 5. The molecule has 0 bridgehead atoms. The van der Waals surface area contributed by atoms with Crippen molar-refractivity contribution < 1.29 is 9.90 Å². The first-order chi connectivity index (χ1) is 16.1. The number of fused-ring (bicyclic) bond motifs is 1. The second kappa shape index (κ2) is 9.63. The summed E-state index contributed by atoms with van der Waals surface area (Å²) in [6.07, 6.45) is 2.10. The predicted molar refractivity (Wildman–Crippen MR) is 128 cm³/mol. The summed E-state index contributed by atoms with van der Waals surface area (Å²) in [5.74, 6) is 0.828. The van der Waals surface area contributed by atoms with Gasteiger partial charge in [-0.3, -0.25) is 14.6 Å². The van der Waals surface area contributed by atoms with Crippen LogP contribution in [0.1, 0.15) is 30.7 Å². The van der Waals surface area contributed by atoms with Crippen LogP contribution < -0.4 is 5.32 Å². The van der Waals surface area contributed by atoms with Crippen LogP contribution in [0.15, 0.2) is 54.6 Å². The van der Waals surface area contributed by atoms with Crippen molar-refractivity contribution in [1.82, 2.24) is 24.7 Å². The third kappa shape index (κ3) is 4.81. The van der Waals surface area contributed by atoms with Crippen LogP contribution in [0.25, 0.3) is 11.0 Å². The zero-order valence-electron chi connectivity index (χ0n) is 19.2. The van der Waals surface area contributed by atoms with Crippen molar-refractivity contribution in [2.24, 2.45) is 7.05 Å². The fraction of sp³-hybridized carbons (Fsp3) is 0.462. The second-order valence-corrected chi connectivity index (χ2v) is 9.39. The fourth-order valence-electron chi connectivity index (χ4n) is 5.39. The molecule has 0 aliphatic carbocycles. The van der Waals surface area contributed by atoms with Gasteiger partial charge in [-0.15, -0.1) is 0 Å². The van der Waals surface area contributed by atoms with Crippen LogP contribution in [0.4, 0.5) is 0 Å². The Labute approximate surface area is 195 Å². The highest BCUT2D eigenvalue weighted by atomic mass is 16.3. The van der Waals surface area contributed by atoms with Crippen LogP contribution in [0.2, 0.25) is 0 Å². The Kier molecular flexibility index (Phi) is 6.44. The van der Waals surface area contributed by atoms with Gasteiger partial charge in [0.2, 0.25) is 5.91 Å². The van der Waals surface area contributed by atoms with E-state index in [9.17, 15) is 9.90 Å². The molecule has 2 aromatic carbocycles. The second-order valence-electron chi connectivity index (χ2n) is 9.39. The number of hydrogen-bond donors (Lipinski definition) is 2. The van der Waals surface area contributed by atoms with Crippen LogP contribution >= 0.6 is 0 Å². The van der Waals surface area contributed by atoms with Gasteiger partial charge in [-0.1, -0.05) is 42.5 Å². The summed E-state index contributed by atoms with van der Waals surface area (Å²) in [5.41, 5.74) is 3.33. The summed E-state index contributed by atoms with van der Waals surface area (Å²) in [7, 11) is 1.98. The number of aliphatic hydroxyl groups excluding tert-OH is 1. The molecule has 2 N–H and O–H groups in total. The quantitative estimate of drug-likeness (QED) is 0.607. The number of carbonyl (C=O) groups is 1. The Morgan fingerprint density at radius 3 is 2.58 bits per heavy atom. The van der Waals surface area contributed by atoms with Gasteiger partial charge in [0.15, 0.2) is 0 Å². The van der Waals surface area contributed by atoms with E-state index in [0.717, 1.165) is 49.3 Å². The molecule has 3 heterocycles. The van der Waals surface area contributed by atoms with Gasteiger partial charge < -0.3 is 15.0 Å². The smallest absolute Gasteiger partial charge is 0.237 e. The maximum absolute atomic E-state index is 13.1. The summed E-state index contributed by atoms with van der Waals surface area (Å²) in [5, 5.41) is 13.5. The lowest BCUT2D eigenvalue weighted by atomic mass is 10.0. The van der Waals surface area contributed by atoms with Gasteiger partial charge in [0.25, 0.3) is 0 Å². The van der Waals surface area contributed by atoms with Crippen LogP contribution in [0.3, 0.4) is 0 Å². The zero-order chi connectivity index (χ0) is 22.8. The largest absolute Gasteiger partial charge is 0.392 e. The van der Waals surface area contributed by atoms with Gasteiger partial charge in [0.05, 0.1) is 29.7 Å². The Hall–Kier alpha value is -2.74. The molecule has 2 aliphatic heterocycles.